The van der Waals surface area contributed by atoms with Crippen LogP contribution in [0.2, 0.25) is 0 Å². The second-order valence-electron chi connectivity index (χ2n) is 3.51. The summed E-state index contributed by atoms with van der Waals surface area (Å²) in [6.07, 6.45) is -7.07. The number of benzene rings is 2. The molecule has 16 heavy (non-hydrogen) atoms. The van der Waals surface area contributed by atoms with Crippen molar-refractivity contribution in [3.05, 3.63) is 48.0 Å². The second kappa shape index (κ2) is 3.79. The first kappa shape index (κ1) is 11.0. The van der Waals surface area contributed by atoms with Crippen LogP contribution >= 0.6 is 0 Å². The van der Waals surface area contributed by atoms with Gasteiger partial charge in [0, 0.05) is 0 Å². The summed E-state index contributed by atoms with van der Waals surface area (Å²) in [4.78, 5) is 0. The molecule has 0 aromatic heterocycles. The van der Waals surface area contributed by atoms with Crippen molar-refractivity contribution < 1.29 is 18.3 Å². The Hall–Kier alpha value is -1.55. The first-order valence-electron chi connectivity index (χ1n) is 4.72. The predicted molar refractivity (Wildman–Crippen MR) is 55.0 cm³/mol. The van der Waals surface area contributed by atoms with Crippen molar-refractivity contribution in [2.24, 2.45) is 0 Å². The van der Waals surface area contributed by atoms with Gasteiger partial charge < -0.3 is 5.11 Å². The third kappa shape index (κ3) is 1.88. The maximum absolute atomic E-state index is 12.4. The molecule has 0 bridgehead atoms. The Morgan fingerprint density at radius 2 is 1.56 bits per heavy atom. The number of halogens is 3. The van der Waals surface area contributed by atoms with E-state index in [4.69, 9.17) is 0 Å². The first-order valence-corrected chi connectivity index (χ1v) is 4.72. The summed E-state index contributed by atoms with van der Waals surface area (Å²) in [6.45, 7) is 0. The molecule has 0 aliphatic heterocycles. The Morgan fingerprint density at radius 3 is 2.25 bits per heavy atom. The van der Waals surface area contributed by atoms with Crippen molar-refractivity contribution in [3.63, 3.8) is 0 Å². The van der Waals surface area contributed by atoms with Crippen molar-refractivity contribution in [1.82, 2.24) is 0 Å². The van der Waals surface area contributed by atoms with E-state index in [1.54, 1.807) is 30.3 Å². The normalized spacial score (nSPS) is 14.0. The van der Waals surface area contributed by atoms with E-state index in [1.165, 1.54) is 12.1 Å². The van der Waals surface area contributed by atoms with Crippen molar-refractivity contribution >= 4 is 10.8 Å². The number of hydrogen-bond donors (Lipinski definition) is 1. The molecule has 2 aromatic rings. The molecule has 1 unspecified atom stereocenters. The Labute approximate surface area is 90.1 Å². The molecule has 1 nitrogen and oxygen atoms in total. The lowest BCUT2D eigenvalue weighted by molar-refractivity contribution is -0.206. The van der Waals surface area contributed by atoms with Gasteiger partial charge in [0.1, 0.15) is 0 Å². The van der Waals surface area contributed by atoms with E-state index in [1.807, 2.05) is 0 Å². The van der Waals surface area contributed by atoms with Crippen molar-refractivity contribution in [2.75, 3.05) is 0 Å². The van der Waals surface area contributed by atoms with E-state index in [0.29, 0.717) is 10.8 Å². The highest BCUT2D eigenvalue weighted by molar-refractivity contribution is 5.86. The van der Waals surface area contributed by atoms with Crippen LogP contribution in [0.3, 0.4) is 0 Å². The van der Waals surface area contributed by atoms with E-state index in [-0.39, 0.29) is 5.56 Å². The van der Waals surface area contributed by atoms with Crippen LogP contribution in [0.15, 0.2) is 42.5 Å². The first-order chi connectivity index (χ1) is 7.50. The van der Waals surface area contributed by atoms with Gasteiger partial charge in [-0.05, 0) is 16.3 Å². The maximum atomic E-state index is 12.4. The Bertz CT molecular complexity index is 500. The fourth-order valence-corrected chi connectivity index (χ4v) is 1.67. The Kier molecular flexibility index (Phi) is 2.59. The van der Waals surface area contributed by atoms with Crippen LogP contribution < -0.4 is 0 Å². The maximum Gasteiger partial charge on any atom is 0.418 e. The van der Waals surface area contributed by atoms with Crippen LogP contribution in [0, 0.1) is 0 Å². The molecule has 0 amide bonds. The van der Waals surface area contributed by atoms with Gasteiger partial charge in [0.15, 0.2) is 6.10 Å². The molecular formula is C12H9F3O. The zero-order valence-corrected chi connectivity index (χ0v) is 8.20. The molecule has 2 rings (SSSR count). The quantitative estimate of drug-likeness (QED) is 0.789. The van der Waals surface area contributed by atoms with Gasteiger partial charge in [0.05, 0.1) is 0 Å². The summed E-state index contributed by atoms with van der Waals surface area (Å²) in [5.41, 5.74) is -0.106. The van der Waals surface area contributed by atoms with Crippen molar-refractivity contribution in [2.45, 2.75) is 12.3 Å². The average molecular weight is 226 g/mol. The molecule has 0 heterocycles. The van der Waals surface area contributed by atoms with Crippen molar-refractivity contribution in [3.8, 4) is 0 Å². The Balaban J connectivity index is 2.61. The summed E-state index contributed by atoms with van der Waals surface area (Å²) < 4.78 is 37.2. The van der Waals surface area contributed by atoms with Gasteiger partial charge in [0.2, 0.25) is 0 Å². The fraction of sp³-hybridized carbons (Fsp3) is 0.167. The van der Waals surface area contributed by atoms with Gasteiger partial charge in [-0.1, -0.05) is 42.5 Å². The lowest BCUT2D eigenvalue weighted by atomic mass is 10.0. The lowest BCUT2D eigenvalue weighted by Gasteiger charge is -2.16. The molecule has 1 N–H and O–H groups in total. The molecule has 0 saturated carbocycles. The second-order valence-corrected chi connectivity index (χ2v) is 3.51. The summed E-state index contributed by atoms with van der Waals surface area (Å²) in [5.74, 6) is 0. The minimum absolute atomic E-state index is 0.106. The van der Waals surface area contributed by atoms with Crippen LogP contribution in [0.1, 0.15) is 11.7 Å². The van der Waals surface area contributed by atoms with Crippen molar-refractivity contribution in [1.29, 1.82) is 0 Å². The highest BCUT2D eigenvalue weighted by Gasteiger charge is 2.39. The van der Waals surface area contributed by atoms with Gasteiger partial charge in [-0.2, -0.15) is 13.2 Å². The predicted octanol–water partition coefficient (Wildman–Crippen LogP) is 3.44. The number of alkyl halides is 3. The standard InChI is InChI=1S/C12H9F3O/c13-12(14,15)11(16)10-7-3-5-8-4-1-2-6-9(8)10/h1-7,11,16H. The lowest BCUT2D eigenvalue weighted by Crippen LogP contribution is -2.20. The van der Waals surface area contributed by atoms with Gasteiger partial charge in [-0.25, -0.2) is 0 Å². The third-order valence-corrected chi connectivity index (χ3v) is 2.43. The molecule has 0 saturated heterocycles. The third-order valence-electron chi connectivity index (χ3n) is 2.43. The van der Waals surface area contributed by atoms with Crippen LogP contribution in [0.25, 0.3) is 10.8 Å². The SMILES string of the molecule is OC(c1cccc2ccccc12)C(F)(F)F. The highest BCUT2D eigenvalue weighted by Crippen LogP contribution is 2.35. The van der Waals surface area contributed by atoms with E-state index >= 15 is 0 Å². The molecular weight excluding hydrogens is 217 g/mol. The number of rotatable bonds is 1. The summed E-state index contributed by atoms with van der Waals surface area (Å²) in [7, 11) is 0. The largest absolute Gasteiger partial charge is 0.418 e. The van der Waals surface area contributed by atoms with Crippen LogP contribution in [0.4, 0.5) is 13.2 Å². The monoisotopic (exact) mass is 226 g/mol. The molecule has 0 radical (unpaired) electrons. The smallest absolute Gasteiger partial charge is 0.379 e. The fourth-order valence-electron chi connectivity index (χ4n) is 1.67. The molecule has 0 aliphatic carbocycles. The van der Waals surface area contributed by atoms with Gasteiger partial charge in [0.25, 0.3) is 0 Å². The van der Waals surface area contributed by atoms with Gasteiger partial charge >= 0.3 is 6.18 Å². The zero-order valence-electron chi connectivity index (χ0n) is 8.20. The molecule has 0 fully saturated rings. The number of aliphatic hydroxyl groups is 1. The summed E-state index contributed by atoms with van der Waals surface area (Å²) in [6, 6.07) is 11.2. The van der Waals surface area contributed by atoms with E-state index in [9.17, 15) is 18.3 Å². The summed E-state index contributed by atoms with van der Waals surface area (Å²) in [5, 5.41) is 10.3. The average Bonchev–Trinajstić information content (AvgIpc) is 2.26. The zero-order chi connectivity index (χ0) is 11.8. The molecule has 4 heteroatoms. The number of hydrogen-bond acceptors (Lipinski definition) is 1. The Morgan fingerprint density at radius 1 is 0.938 bits per heavy atom. The molecule has 2 aromatic carbocycles. The molecule has 1 atom stereocenters. The van der Waals surface area contributed by atoms with Crippen LogP contribution in [-0.4, -0.2) is 11.3 Å². The van der Waals surface area contributed by atoms with Gasteiger partial charge in [-0.15, -0.1) is 0 Å². The van der Waals surface area contributed by atoms with Gasteiger partial charge in [-0.3, -0.25) is 0 Å². The minimum atomic E-state index is -4.63. The van der Waals surface area contributed by atoms with E-state index in [2.05, 4.69) is 0 Å². The topological polar surface area (TPSA) is 20.2 Å². The van der Waals surface area contributed by atoms with E-state index in [0.717, 1.165) is 0 Å². The molecule has 0 aliphatic rings. The molecule has 84 valence electrons. The minimum Gasteiger partial charge on any atom is -0.379 e. The van der Waals surface area contributed by atoms with Crippen LogP contribution in [0.5, 0.6) is 0 Å². The number of fused-ring (bicyclic) bond motifs is 1. The highest BCUT2D eigenvalue weighted by atomic mass is 19.4. The number of aliphatic hydroxyl groups excluding tert-OH is 1. The summed E-state index contributed by atoms with van der Waals surface area (Å²) >= 11 is 0. The molecule has 0 spiro atoms. The van der Waals surface area contributed by atoms with Crippen LogP contribution in [-0.2, 0) is 0 Å². The van der Waals surface area contributed by atoms with E-state index < -0.39 is 12.3 Å².